The number of pyridine rings is 1. The van der Waals surface area contributed by atoms with E-state index in [9.17, 15) is 0 Å². The highest BCUT2D eigenvalue weighted by Crippen LogP contribution is 2.31. The van der Waals surface area contributed by atoms with Gasteiger partial charge in [0, 0.05) is 20.1 Å². The fraction of sp³-hybridized carbons (Fsp3) is 0.250. The second-order valence-corrected chi connectivity index (χ2v) is 7.11. The highest BCUT2D eigenvalue weighted by atomic mass is 35.5. The molecule has 0 bridgehead atoms. The summed E-state index contributed by atoms with van der Waals surface area (Å²) in [6.07, 6.45) is 3.54. The Bertz CT molecular complexity index is 1120. The first-order chi connectivity index (χ1) is 13.6. The average Bonchev–Trinajstić information content (AvgIpc) is 3.19. The van der Waals surface area contributed by atoms with Crippen LogP contribution in [0.3, 0.4) is 0 Å². The smallest absolute Gasteiger partial charge is 0.166 e. The molecule has 4 rings (SSSR count). The molecule has 3 heterocycles. The minimum atomic E-state index is 0.652. The van der Waals surface area contributed by atoms with Crippen LogP contribution in [0.4, 0.5) is 17.3 Å². The first-order valence-electron chi connectivity index (χ1n) is 9.09. The third-order valence-electron chi connectivity index (χ3n) is 4.74. The van der Waals surface area contributed by atoms with Crippen molar-refractivity contribution in [3.05, 3.63) is 53.4 Å². The Morgan fingerprint density at radius 1 is 1.18 bits per heavy atom. The van der Waals surface area contributed by atoms with Crippen LogP contribution < -0.4 is 15.5 Å². The van der Waals surface area contributed by atoms with Gasteiger partial charge in [0.05, 0.1) is 16.9 Å². The lowest BCUT2D eigenvalue weighted by Gasteiger charge is -2.19. The molecule has 0 fully saturated rings. The molecular formula is C20H22ClN7. The van der Waals surface area contributed by atoms with E-state index in [0.717, 1.165) is 46.8 Å². The Morgan fingerprint density at radius 2 is 2.04 bits per heavy atom. The lowest BCUT2D eigenvalue weighted by molar-refractivity contribution is 0.762. The summed E-state index contributed by atoms with van der Waals surface area (Å²) in [4.78, 5) is 16.0. The van der Waals surface area contributed by atoms with Crippen LogP contribution >= 0.6 is 11.6 Å². The number of aryl methyl sites for hydroxylation is 1. The second-order valence-electron chi connectivity index (χ2n) is 6.70. The molecule has 0 radical (unpaired) electrons. The fourth-order valence-corrected chi connectivity index (χ4v) is 3.39. The lowest BCUT2D eigenvalue weighted by atomic mass is 10.2. The molecule has 0 aliphatic carbocycles. The highest BCUT2D eigenvalue weighted by molar-refractivity contribution is 6.33. The Hall–Kier alpha value is -2.90. The van der Waals surface area contributed by atoms with E-state index in [4.69, 9.17) is 21.6 Å². The molecule has 0 saturated carbocycles. The van der Waals surface area contributed by atoms with E-state index < -0.39 is 0 Å². The molecule has 144 valence electrons. The zero-order valence-electron chi connectivity index (χ0n) is 16.1. The summed E-state index contributed by atoms with van der Waals surface area (Å²) in [5.74, 6) is 1.58. The molecule has 1 aromatic carbocycles. The molecule has 0 spiro atoms. The fourth-order valence-electron chi connectivity index (χ4n) is 3.12. The molecule has 4 aromatic rings. The van der Waals surface area contributed by atoms with Crippen molar-refractivity contribution in [2.75, 3.05) is 37.4 Å². The van der Waals surface area contributed by atoms with Crippen molar-refractivity contribution >= 4 is 45.6 Å². The van der Waals surface area contributed by atoms with Crippen LogP contribution in [0.5, 0.6) is 0 Å². The number of aromatic nitrogens is 4. The molecule has 2 N–H and O–H groups in total. The van der Waals surface area contributed by atoms with Crippen molar-refractivity contribution in [2.24, 2.45) is 0 Å². The van der Waals surface area contributed by atoms with Gasteiger partial charge >= 0.3 is 0 Å². The van der Waals surface area contributed by atoms with Gasteiger partial charge in [-0.15, -0.1) is 0 Å². The van der Waals surface area contributed by atoms with E-state index in [0.29, 0.717) is 10.8 Å². The number of likely N-dealkylation sites (N-methyl/N-ethyl adjacent to an activating group) is 2. The van der Waals surface area contributed by atoms with E-state index >= 15 is 0 Å². The van der Waals surface area contributed by atoms with E-state index in [1.54, 1.807) is 12.5 Å². The van der Waals surface area contributed by atoms with Crippen molar-refractivity contribution in [3.8, 4) is 0 Å². The van der Waals surface area contributed by atoms with Crippen LogP contribution in [-0.2, 0) is 0 Å². The van der Waals surface area contributed by atoms with Crippen LogP contribution in [0.25, 0.3) is 16.7 Å². The van der Waals surface area contributed by atoms with Crippen molar-refractivity contribution < 1.29 is 0 Å². The van der Waals surface area contributed by atoms with E-state index in [-0.39, 0.29) is 0 Å². The van der Waals surface area contributed by atoms with Crippen LogP contribution in [0.2, 0.25) is 5.02 Å². The van der Waals surface area contributed by atoms with Gasteiger partial charge in [-0.1, -0.05) is 23.7 Å². The number of hydrogen-bond donors (Lipinski definition) is 2. The molecule has 3 aromatic heterocycles. The average molecular weight is 396 g/mol. The van der Waals surface area contributed by atoms with Gasteiger partial charge in [0.2, 0.25) is 0 Å². The van der Waals surface area contributed by atoms with Crippen molar-refractivity contribution in [1.29, 1.82) is 0 Å². The summed E-state index contributed by atoms with van der Waals surface area (Å²) in [6, 6.07) is 9.77. The minimum absolute atomic E-state index is 0.652. The number of benzene rings is 1. The summed E-state index contributed by atoms with van der Waals surface area (Å²) in [7, 11) is 3.97. The summed E-state index contributed by atoms with van der Waals surface area (Å²) in [5, 5.41) is 7.18. The number of anilines is 3. The molecule has 0 unspecified atom stereocenters. The molecular weight excluding hydrogens is 374 g/mol. The van der Waals surface area contributed by atoms with E-state index in [1.807, 2.05) is 55.8 Å². The quantitative estimate of drug-likeness (QED) is 0.519. The standard InChI is InChI=1S/C20H22ClN7/c1-13-5-4-6-14(21)18(13)26-19-16-11-23-12-28(16)20-15(24-19)7-8-17(25-20)27(3)10-9-22-2/h4-8,11-12,22H,9-10H2,1-3H3,(H,24,26). The second kappa shape index (κ2) is 7.61. The molecule has 0 amide bonds. The zero-order chi connectivity index (χ0) is 19.7. The van der Waals surface area contributed by atoms with Gasteiger partial charge in [0.15, 0.2) is 11.5 Å². The van der Waals surface area contributed by atoms with Crippen LogP contribution in [0, 0.1) is 6.92 Å². The SMILES string of the molecule is CNCCN(C)c1ccc2nc(Nc3c(C)cccc3Cl)c3cncn3c2n1. The van der Waals surface area contributed by atoms with Crippen molar-refractivity contribution in [3.63, 3.8) is 0 Å². The Kier molecular flexibility index (Phi) is 5.02. The zero-order valence-corrected chi connectivity index (χ0v) is 16.8. The topological polar surface area (TPSA) is 70.4 Å². The largest absolute Gasteiger partial charge is 0.358 e. The van der Waals surface area contributed by atoms with Crippen LogP contribution in [-0.4, -0.2) is 46.5 Å². The number of fused-ring (bicyclic) bond motifs is 3. The minimum Gasteiger partial charge on any atom is -0.358 e. The maximum absolute atomic E-state index is 6.38. The Morgan fingerprint density at radius 3 is 2.82 bits per heavy atom. The normalized spacial score (nSPS) is 11.3. The first-order valence-corrected chi connectivity index (χ1v) is 9.47. The van der Waals surface area contributed by atoms with Crippen molar-refractivity contribution in [2.45, 2.75) is 6.92 Å². The van der Waals surface area contributed by atoms with Gasteiger partial charge in [0.25, 0.3) is 0 Å². The molecule has 7 nitrogen and oxygen atoms in total. The number of hydrogen-bond acceptors (Lipinski definition) is 6. The van der Waals surface area contributed by atoms with Crippen LogP contribution in [0.15, 0.2) is 42.9 Å². The maximum atomic E-state index is 6.38. The third kappa shape index (κ3) is 3.34. The van der Waals surface area contributed by atoms with Gasteiger partial charge < -0.3 is 15.5 Å². The molecule has 0 saturated heterocycles. The first kappa shape index (κ1) is 18.5. The Balaban J connectivity index is 1.80. The molecule has 28 heavy (non-hydrogen) atoms. The summed E-state index contributed by atoms with van der Waals surface area (Å²) in [5.41, 5.74) is 4.28. The number of nitrogens with zero attached hydrogens (tertiary/aromatic N) is 5. The highest BCUT2D eigenvalue weighted by Gasteiger charge is 2.14. The van der Waals surface area contributed by atoms with Gasteiger partial charge in [-0.25, -0.2) is 15.0 Å². The summed E-state index contributed by atoms with van der Waals surface area (Å²) < 4.78 is 1.95. The molecule has 0 aliphatic rings. The molecule has 8 heteroatoms. The van der Waals surface area contributed by atoms with Gasteiger partial charge in [-0.3, -0.25) is 4.40 Å². The molecule has 0 aliphatic heterocycles. The molecule has 0 atom stereocenters. The summed E-state index contributed by atoms with van der Waals surface area (Å²) in [6.45, 7) is 3.76. The van der Waals surface area contributed by atoms with Gasteiger partial charge in [-0.2, -0.15) is 0 Å². The number of imidazole rings is 1. The number of rotatable bonds is 6. The third-order valence-corrected chi connectivity index (χ3v) is 5.05. The van der Waals surface area contributed by atoms with E-state index in [2.05, 4.69) is 20.5 Å². The van der Waals surface area contributed by atoms with Crippen molar-refractivity contribution in [1.82, 2.24) is 24.7 Å². The van der Waals surface area contributed by atoms with Gasteiger partial charge in [-0.05, 0) is 37.7 Å². The summed E-state index contributed by atoms with van der Waals surface area (Å²) >= 11 is 6.38. The monoisotopic (exact) mass is 395 g/mol. The van der Waals surface area contributed by atoms with Gasteiger partial charge in [0.1, 0.15) is 23.2 Å². The number of para-hydroxylation sites is 1. The number of nitrogens with one attached hydrogen (secondary N) is 2. The Labute approximate surface area is 168 Å². The van der Waals surface area contributed by atoms with E-state index in [1.165, 1.54) is 0 Å². The predicted molar refractivity (Wildman–Crippen MR) is 115 cm³/mol. The predicted octanol–water partition coefficient (Wildman–Crippen LogP) is 3.64. The van der Waals surface area contributed by atoms with Crippen LogP contribution in [0.1, 0.15) is 5.56 Å². The maximum Gasteiger partial charge on any atom is 0.166 e. The lowest BCUT2D eigenvalue weighted by Crippen LogP contribution is -2.27. The number of halogens is 1.